The molecule has 3 aliphatic rings. The number of carbonyl (C=O) groups excluding carboxylic acids is 1. The Balaban J connectivity index is 1.30. The van der Waals surface area contributed by atoms with E-state index in [1.54, 1.807) is 23.2 Å². The summed E-state index contributed by atoms with van der Waals surface area (Å²) in [6, 6.07) is 4.85. The van der Waals surface area contributed by atoms with E-state index in [2.05, 4.69) is 20.8 Å². The monoisotopic (exact) mass is 454 g/mol. The van der Waals surface area contributed by atoms with Gasteiger partial charge in [0, 0.05) is 24.9 Å². The Morgan fingerprint density at radius 1 is 1.33 bits per heavy atom. The number of aryl methyl sites for hydroxylation is 1. The van der Waals surface area contributed by atoms with Crippen molar-refractivity contribution in [2.75, 3.05) is 19.6 Å². The molecule has 1 saturated heterocycles. The maximum Gasteiger partial charge on any atom is 0.236 e. The molecule has 1 aromatic carbocycles. The summed E-state index contributed by atoms with van der Waals surface area (Å²) >= 11 is 0. The lowest BCUT2D eigenvalue weighted by Gasteiger charge is -2.36. The molecule has 1 saturated carbocycles. The summed E-state index contributed by atoms with van der Waals surface area (Å²) in [6.45, 7) is 3.10. The molecule has 5 rings (SSSR count). The van der Waals surface area contributed by atoms with Crippen LogP contribution in [0, 0.1) is 5.92 Å². The number of H-pyrrole nitrogens is 1. The third-order valence-electron chi connectivity index (χ3n) is 7.42. The van der Waals surface area contributed by atoms with Gasteiger partial charge >= 0.3 is 0 Å². The number of nitrogens with zero attached hydrogens (tertiary/aromatic N) is 2. The molecule has 1 amide bonds. The highest BCUT2D eigenvalue weighted by atomic mass is 19.1. The summed E-state index contributed by atoms with van der Waals surface area (Å²) in [5, 5.41) is 9.82. The van der Waals surface area contributed by atoms with Crippen molar-refractivity contribution in [2.24, 2.45) is 11.7 Å². The predicted molar refractivity (Wildman–Crippen MR) is 123 cm³/mol. The molecule has 176 valence electrons. The van der Waals surface area contributed by atoms with Gasteiger partial charge in [-0.15, -0.1) is 0 Å². The van der Waals surface area contributed by atoms with Gasteiger partial charge in [0.15, 0.2) is 0 Å². The van der Waals surface area contributed by atoms with E-state index in [9.17, 15) is 9.90 Å². The number of amides is 1. The van der Waals surface area contributed by atoms with Crippen LogP contribution in [0.1, 0.15) is 54.4 Å². The summed E-state index contributed by atoms with van der Waals surface area (Å²) in [5.74, 6) is 0.805. The van der Waals surface area contributed by atoms with Crippen LogP contribution in [-0.2, 0) is 11.2 Å². The summed E-state index contributed by atoms with van der Waals surface area (Å²) in [7, 11) is 0. The van der Waals surface area contributed by atoms with Crippen LogP contribution in [0.25, 0.3) is 5.57 Å². The van der Waals surface area contributed by atoms with E-state index < -0.39 is 6.17 Å². The zero-order valence-corrected chi connectivity index (χ0v) is 18.7. The Kier molecular flexibility index (Phi) is 5.94. The molecule has 3 heterocycles. The zero-order valence-electron chi connectivity index (χ0n) is 18.7. The van der Waals surface area contributed by atoms with E-state index in [0.717, 1.165) is 47.5 Å². The van der Waals surface area contributed by atoms with Gasteiger partial charge in [-0.05, 0) is 48.1 Å². The zero-order chi connectivity index (χ0) is 23.1. The number of phenols is 1. The highest BCUT2D eigenvalue weighted by molar-refractivity contribution is 5.82. The number of benzene rings is 1. The van der Waals surface area contributed by atoms with Crippen LogP contribution >= 0.6 is 0 Å². The Morgan fingerprint density at radius 2 is 2.18 bits per heavy atom. The Morgan fingerprint density at radius 3 is 2.97 bits per heavy atom. The second-order valence-electron chi connectivity index (χ2n) is 9.21. The molecular formula is C24H31FN6O2. The second-order valence-corrected chi connectivity index (χ2v) is 9.21. The quantitative estimate of drug-likeness (QED) is 0.471. The first-order chi connectivity index (χ1) is 16.0. The fraction of sp³-hybridized carbons (Fsp3) is 0.500. The number of rotatable bonds is 5. The number of phenolic OH excluding ortho intramolecular Hbond substituents is 1. The van der Waals surface area contributed by atoms with Gasteiger partial charge in [0.05, 0.1) is 30.5 Å². The van der Waals surface area contributed by atoms with E-state index >= 15 is 4.39 Å². The molecule has 33 heavy (non-hydrogen) atoms. The van der Waals surface area contributed by atoms with E-state index in [1.807, 2.05) is 19.1 Å². The largest absolute Gasteiger partial charge is 0.508 e. The normalized spacial score (nSPS) is 29.2. The molecule has 6 N–H and O–H groups in total. The van der Waals surface area contributed by atoms with Crippen molar-refractivity contribution >= 4 is 11.5 Å². The van der Waals surface area contributed by atoms with Crippen molar-refractivity contribution in [2.45, 2.75) is 50.4 Å². The minimum Gasteiger partial charge on any atom is -0.508 e. The second kappa shape index (κ2) is 8.89. The van der Waals surface area contributed by atoms with E-state index in [1.165, 1.54) is 0 Å². The summed E-state index contributed by atoms with van der Waals surface area (Å²) in [5.41, 5.74) is 15.8. The number of hydrogen-bond acceptors (Lipinski definition) is 6. The van der Waals surface area contributed by atoms with E-state index in [-0.39, 0.29) is 42.1 Å². The lowest BCUT2D eigenvalue weighted by atomic mass is 9.71. The number of carbonyl (C=O) groups is 1. The summed E-state index contributed by atoms with van der Waals surface area (Å²) in [6.07, 6.45) is 5.12. The van der Waals surface area contributed by atoms with Crippen LogP contribution in [0.2, 0.25) is 0 Å². The summed E-state index contributed by atoms with van der Waals surface area (Å²) < 4.78 is 15.7. The standard InChI is InChI=1S/C24H31FN6O2/c1-2-13-9-15(32)3-4-16(13)17-5-6-18-22(21(17)25)29-30-23(18)24-27-11-19(28-24)14-7-8-31(12-14)20(33)10-26/h3-4,7,9,11,17-18,21-23,29-30,32H,2,5-6,8,10,12,26H2,1H3,(H,27,28). The minimum absolute atomic E-state index is 0.00532. The van der Waals surface area contributed by atoms with Crippen molar-refractivity contribution in [3.63, 3.8) is 0 Å². The van der Waals surface area contributed by atoms with Crippen LogP contribution < -0.4 is 16.6 Å². The fourth-order valence-electron chi connectivity index (χ4n) is 5.64. The number of aromatic nitrogens is 2. The average molecular weight is 455 g/mol. The lowest BCUT2D eigenvalue weighted by Crippen LogP contribution is -2.45. The highest BCUT2D eigenvalue weighted by Crippen LogP contribution is 2.45. The van der Waals surface area contributed by atoms with Gasteiger partial charge in [-0.3, -0.25) is 10.2 Å². The number of fused-ring (bicyclic) bond motifs is 1. The van der Waals surface area contributed by atoms with Crippen LogP contribution in [0.3, 0.4) is 0 Å². The van der Waals surface area contributed by atoms with Crippen molar-refractivity contribution in [3.8, 4) is 5.75 Å². The molecule has 2 aromatic rings. The van der Waals surface area contributed by atoms with Crippen LogP contribution in [0.15, 0.2) is 30.5 Å². The fourth-order valence-corrected chi connectivity index (χ4v) is 5.64. The van der Waals surface area contributed by atoms with Crippen LogP contribution in [-0.4, -0.2) is 57.7 Å². The molecule has 9 heteroatoms. The molecule has 0 radical (unpaired) electrons. The highest BCUT2D eigenvalue weighted by Gasteiger charge is 2.48. The first kappa shape index (κ1) is 22.1. The van der Waals surface area contributed by atoms with Gasteiger partial charge in [0.1, 0.15) is 17.7 Å². The van der Waals surface area contributed by atoms with Crippen LogP contribution in [0.4, 0.5) is 4.39 Å². The van der Waals surface area contributed by atoms with Crippen molar-refractivity contribution in [1.82, 2.24) is 25.7 Å². The molecule has 5 atom stereocenters. The van der Waals surface area contributed by atoms with Crippen molar-refractivity contribution in [1.29, 1.82) is 0 Å². The number of alkyl halides is 1. The molecule has 1 aromatic heterocycles. The predicted octanol–water partition coefficient (Wildman–Crippen LogP) is 1.91. The first-order valence-corrected chi connectivity index (χ1v) is 11.7. The number of aromatic hydroxyl groups is 1. The first-order valence-electron chi connectivity index (χ1n) is 11.7. The number of nitrogens with two attached hydrogens (primary N) is 1. The van der Waals surface area contributed by atoms with Gasteiger partial charge in [-0.1, -0.05) is 19.1 Å². The van der Waals surface area contributed by atoms with Gasteiger partial charge in [-0.25, -0.2) is 14.8 Å². The topological polar surface area (TPSA) is 119 Å². The number of imidazole rings is 1. The third-order valence-corrected chi connectivity index (χ3v) is 7.42. The smallest absolute Gasteiger partial charge is 0.236 e. The molecule has 5 unspecified atom stereocenters. The van der Waals surface area contributed by atoms with Crippen LogP contribution in [0.5, 0.6) is 5.75 Å². The third kappa shape index (κ3) is 3.94. The maximum atomic E-state index is 15.7. The van der Waals surface area contributed by atoms with E-state index in [0.29, 0.717) is 13.1 Å². The number of nitrogens with one attached hydrogen (secondary N) is 3. The number of hydrogen-bond donors (Lipinski definition) is 5. The molecule has 1 aliphatic carbocycles. The van der Waals surface area contributed by atoms with Gasteiger partial charge in [0.2, 0.25) is 5.91 Å². The molecule has 2 aliphatic heterocycles. The summed E-state index contributed by atoms with van der Waals surface area (Å²) in [4.78, 5) is 21.5. The molecule has 2 fully saturated rings. The maximum absolute atomic E-state index is 15.7. The number of hydrazine groups is 1. The minimum atomic E-state index is -1.04. The van der Waals surface area contributed by atoms with E-state index in [4.69, 9.17) is 5.73 Å². The Bertz CT molecular complexity index is 1070. The SMILES string of the molecule is CCc1cc(O)ccc1C1CCC2C(c3ncc(C4=CCN(C(=O)CN)C4)[nH]3)NNC2C1F. The van der Waals surface area contributed by atoms with Gasteiger partial charge in [0.25, 0.3) is 0 Å². The Hall–Kier alpha value is -2.75. The Labute approximate surface area is 192 Å². The molecule has 0 spiro atoms. The number of aromatic amines is 1. The van der Waals surface area contributed by atoms with Crippen molar-refractivity contribution in [3.05, 3.63) is 53.1 Å². The lowest BCUT2D eigenvalue weighted by molar-refractivity contribution is -0.128. The average Bonchev–Trinajstić information content (AvgIpc) is 3.57. The molecule has 8 nitrogen and oxygen atoms in total. The molecular weight excluding hydrogens is 423 g/mol. The number of halogens is 1. The molecule has 0 bridgehead atoms. The van der Waals surface area contributed by atoms with Gasteiger partial charge < -0.3 is 20.7 Å². The van der Waals surface area contributed by atoms with Crippen molar-refractivity contribution < 1.29 is 14.3 Å². The van der Waals surface area contributed by atoms with Gasteiger partial charge in [-0.2, -0.15) is 0 Å².